The highest BCUT2D eigenvalue weighted by Gasteiger charge is 2.42. The minimum Gasteiger partial charge on any atom is -0.354 e. The molecule has 1 rings (SSSR count). The molecule has 0 unspecified atom stereocenters. The van der Waals surface area contributed by atoms with E-state index in [2.05, 4.69) is 24.3 Å². The van der Waals surface area contributed by atoms with Crippen LogP contribution in [0.25, 0.3) is 0 Å². The molecule has 0 aromatic carbocycles. The summed E-state index contributed by atoms with van der Waals surface area (Å²) in [6, 6.07) is 0. The zero-order chi connectivity index (χ0) is 14.9. The van der Waals surface area contributed by atoms with Crippen molar-refractivity contribution in [2.24, 2.45) is 11.1 Å². The van der Waals surface area contributed by atoms with Gasteiger partial charge in [-0.15, -0.1) is 0 Å². The highest BCUT2D eigenvalue weighted by molar-refractivity contribution is 5.83. The molecule has 0 saturated heterocycles. The SMILES string of the molecule is CN(C)C1(CNC(=O)C(C)(C)C(C)(C)N)CCCC1. The second-order valence-corrected chi connectivity index (χ2v) is 7.36. The summed E-state index contributed by atoms with van der Waals surface area (Å²) in [6.45, 7) is 8.37. The van der Waals surface area contributed by atoms with Gasteiger partial charge in [0.05, 0.1) is 5.41 Å². The van der Waals surface area contributed by atoms with Gasteiger partial charge in [-0.05, 0) is 54.6 Å². The van der Waals surface area contributed by atoms with Crippen molar-refractivity contribution >= 4 is 5.91 Å². The minimum atomic E-state index is -0.570. The zero-order valence-electron chi connectivity index (χ0n) is 13.5. The molecule has 19 heavy (non-hydrogen) atoms. The van der Waals surface area contributed by atoms with Gasteiger partial charge in [0.25, 0.3) is 0 Å². The number of likely N-dealkylation sites (N-methyl/N-ethyl adjacent to an activating group) is 1. The quantitative estimate of drug-likeness (QED) is 0.799. The Balaban J connectivity index is 2.68. The average molecular weight is 269 g/mol. The van der Waals surface area contributed by atoms with E-state index in [4.69, 9.17) is 5.73 Å². The van der Waals surface area contributed by atoms with Crippen molar-refractivity contribution in [3.8, 4) is 0 Å². The van der Waals surface area contributed by atoms with Gasteiger partial charge in [-0.25, -0.2) is 0 Å². The zero-order valence-corrected chi connectivity index (χ0v) is 13.5. The molecule has 4 heteroatoms. The maximum absolute atomic E-state index is 12.4. The molecular formula is C15H31N3O. The van der Waals surface area contributed by atoms with Crippen LogP contribution < -0.4 is 11.1 Å². The van der Waals surface area contributed by atoms with Crippen LogP contribution in [-0.2, 0) is 4.79 Å². The van der Waals surface area contributed by atoms with Crippen LogP contribution in [0.15, 0.2) is 0 Å². The number of nitrogens with one attached hydrogen (secondary N) is 1. The summed E-state index contributed by atoms with van der Waals surface area (Å²) >= 11 is 0. The Morgan fingerprint density at radius 1 is 1.21 bits per heavy atom. The third-order valence-electron chi connectivity index (χ3n) is 5.24. The predicted octanol–water partition coefficient (Wildman–Crippen LogP) is 1.74. The van der Waals surface area contributed by atoms with Crippen molar-refractivity contribution in [2.45, 2.75) is 64.5 Å². The lowest BCUT2D eigenvalue weighted by Gasteiger charge is -2.40. The lowest BCUT2D eigenvalue weighted by Crippen LogP contribution is -2.58. The second kappa shape index (κ2) is 5.41. The first-order valence-corrected chi connectivity index (χ1v) is 7.28. The molecule has 0 aromatic rings. The Kier molecular flexibility index (Phi) is 4.68. The van der Waals surface area contributed by atoms with Gasteiger partial charge >= 0.3 is 0 Å². The predicted molar refractivity (Wildman–Crippen MR) is 79.9 cm³/mol. The first-order valence-electron chi connectivity index (χ1n) is 7.28. The molecule has 0 atom stereocenters. The molecule has 1 fully saturated rings. The average Bonchev–Trinajstić information content (AvgIpc) is 2.74. The molecule has 3 N–H and O–H groups in total. The van der Waals surface area contributed by atoms with Crippen molar-refractivity contribution in [3.63, 3.8) is 0 Å². The number of carbonyl (C=O) groups is 1. The second-order valence-electron chi connectivity index (χ2n) is 7.36. The molecule has 0 spiro atoms. The lowest BCUT2D eigenvalue weighted by molar-refractivity contribution is -0.132. The molecule has 0 bridgehead atoms. The number of nitrogens with two attached hydrogens (primary N) is 1. The van der Waals surface area contributed by atoms with Gasteiger partial charge in [0, 0.05) is 17.6 Å². The van der Waals surface area contributed by atoms with E-state index < -0.39 is 11.0 Å². The van der Waals surface area contributed by atoms with Crippen LogP contribution in [0, 0.1) is 5.41 Å². The van der Waals surface area contributed by atoms with E-state index in [-0.39, 0.29) is 11.4 Å². The Morgan fingerprint density at radius 2 is 1.68 bits per heavy atom. The Hall–Kier alpha value is -0.610. The fraction of sp³-hybridized carbons (Fsp3) is 0.933. The number of amides is 1. The monoisotopic (exact) mass is 269 g/mol. The lowest BCUT2D eigenvalue weighted by atomic mass is 9.74. The van der Waals surface area contributed by atoms with Crippen LogP contribution >= 0.6 is 0 Å². The van der Waals surface area contributed by atoms with Crippen LogP contribution in [0.1, 0.15) is 53.4 Å². The topological polar surface area (TPSA) is 58.4 Å². The van der Waals surface area contributed by atoms with Crippen LogP contribution in [0.3, 0.4) is 0 Å². The molecule has 0 aromatic heterocycles. The van der Waals surface area contributed by atoms with Gasteiger partial charge < -0.3 is 16.0 Å². The number of nitrogens with zero attached hydrogens (tertiary/aromatic N) is 1. The summed E-state index contributed by atoms with van der Waals surface area (Å²) in [7, 11) is 4.21. The first kappa shape index (κ1) is 16.4. The Labute approximate surface area is 118 Å². The molecule has 0 heterocycles. The van der Waals surface area contributed by atoms with Crippen LogP contribution in [0.4, 0.5) is 0 Å². The third-order valence-corrected chi connectivity index (χ3v) is 5.24. The fourth-order valence-electron chi connectivity index (χ4n) is 2.57. The largest absolute Gasteiger partial charge is 0.354 e. The normalized spacial score (nSPS) is 19.8. The molecule has 0 aliphatic heterocycles. The van der Waals surface area contributed by atoms with Crippen LogP contribution in [0.2, 0.25) is 0 Å². The molecule has 1 saturated carbocycles. The maximum Gasteiger partial charge on any atom is 0.227 e. The van der Waals surface area contributed by atoms with E-state index in [1.54, 1.807) is 0 Å². The number of hydrogen-bond acceptors (Lipinski definition) is 3. The third kappa shape index (κ3) is 3.29. The van der Waals surface area contributed by atoms with Gasteiger partial charge in [0.2, 0.25) is 5.91 Å². The summed E-state index contributed by atoms with van der Waals surface area (Å²) in [5, 5.41) is 3.13. The smallest absolute Gasteiger partial charge is 0.227 e. The molecular weight excluding hydrogens is 238 g/mol. The van der Waals surface area contributed by atoms with Crippen molar-refractivity contribution < 1.29 is 4.79 Å². The Bertz CT molecular complexity index is 323. The summed E-state index contributed by atoms with van der Waals surface area (Å²) in [4.78, 5) is 14.7. The van der Waals surface area contributed by atoms with Gasteiger partial charge in [-0.1, -0.05) is 12.8 Å². The maximum atomic E-state index is 12.4. The minimum absolute atomic E-state index is 0.0492. The number of carbonyl (C=O) groups excluding carboxylic acids is 1. The van der Waals surface area contributed by atoms with Crippen molar-refractivity contribution in [1.82, 2.24) is 10.2 Å². The van der Waals surface area contributed by atoms with Gasteiger partial charge in [-0.2, -0.15) is 0 Å². The molecule has 1 amide bonds. The fourth-order valence-corrected chi connectivity index (χ4v) is 2.57. The summed E-state index contributed by atoms with van der Waals surface area (Å²) in [5.74, 6) is 0.0492. The highest BCUT2D eigenvalue weighted by Crippen LogP contribution is 2.34. The van der Waals surface area contributed by atoms with Gasteiger partial charge in [0.1, 0.15) is 0 Å². The molecule has 4 nitrogen and oxygen atoms in total. The van der Waals surface area contributed by atoms with Crippen molar-refractivity contribution in [2.75, 3.05) is 20.6 Å². The molecule has 1 aliphatic carbocycles. The van der Waals surface area contributed by atoms with E-state index in [0.29, 0.717) is 0 Å². The van der Waals surface area contributed by atoms with Crippen LogP contribution in [-0.4, -0.2) is 42.5 Å². The van der Waals surface area contributed by atoms with Crippen molar-refractivity contribution in [3.05, 3.63) is 0 Å². The van der Waals surface area contributed by atoms with E-state index in [1.165, 1.54) is 12.8 Å². The number of hydrogen-bond donors (Lipinski definition) is 2. The molecule has 0 radical (unpaired) electrons. The van der Waals surface area contributed by atoms with E-state index in [0.717, 1.165) is 19.4 Å². The standard InChI is InChI=1S/C15H31N3O/c1-13(2,14(3,4)16)12(19)17-11-15(18(5)6)9-7-8-10-15/h7-11,16H2,1-6H3,(H,17,19). The molecule has 112 valence electrons. The van der Waals surface area contributed by atoms with Crippen LogP contribution in [0.5, 0.6) is 0 Å². The van der Waals surface area contributed by atoms with Gasteiger partial charge in [0.15, 0.2) is 0 Å². The van der Waals surface area contributed by atoms with E-state index >= 15 is 0 Å². The van der Waals surface area contributed by atoms with Gasteiger partial charge in [-0.3, -0.25) is 4.79 Å². The van der Waals surface area contributed by atoms with E-state index in [1.807, 2.05) is 27.7 Å². The highest BCUT2D eigenvalue weighted by atomic mass is 16.2. The first-order chi connectivity index (χ1) is 8.53. The van der Waals surface area contributed by atoms with Crippen molar-refractivity contribution in [1.29, 1.82) is 0 Å². The summed E-state index contributed by atoms with van der Waals surface area (Å²) in [5.41, 5.74) is 5.15. The summed E-state index contributed by atoms with van der Waals surface area (Å²) in [6.07, 6.45) is 4.82. The number of rotatable bonds is 5. The Morgan fingerprint density at radius 3 is 2.05 bits per heavy atom. The summed E-state index contributed by atoms with van der Waals surface area (Å²) < 4.78 is 0. The molecule has 1 aliphatic rings. The van der Waals surface area contributed by atoms with E-state index in [9.17, 15) is 4.79 Å².